The van der Waals surface area contributed by atoms with E-state index in [1.165, 1.54) is 32.4 Å². The van der Waals surface area contributed by atoms with E-state index in [0.717, 1.165) is 13.1 Å². The van der Waals surface area contributed by atoms with E-state index < -0.39 is 10.1 Å². The van der Waals surface area contributed by atoms with Gasteiger partial charge in [0.05, 0.1) is 57.6 Å². The van der Waals surface area contributed by atoms with Gasteiger partial charge in [0.25, 0.3) is 0 Å². The molecular formula is C31H36N10Na2O10S2. The minimum absolute atomic E-state index is 0. The third kappa shape index (κ3) is 13.9. The Bertz CT molecular complexity index is 1990. The maximum absolute atomic E-state index is 11.7. The summed E-state index contributed by atoms with van der Waals surface area (Å²) in [4.78, 5) is 29.1. The average Bonchev–Trinajstić information content (AvgIpc) is 3.17. The molecule has 55 heavy (non-hydrogen) atoms. The van der Waals surface area contributed by atoms with Crippen LogP contribution in [-0.4, -0.2) is 110 Å². The Balaban J connectivity index is 0.000000401. The van der Waals surface area contributed by atoms with Gasteiger partial charge in [-0.1, -0.05) is 30.4 Å². The van der Waals surface area contributed by atoms with Crippen molar-refractivity contribution in [2.45, 2.75) is 16.7 Å². The third-order valence-electron chi connectivity index (χ3n) is 7.48. The SMILES string of the molecule is COc1nc(N)nc(N2CCOCC2)n1.COc1nc(Nc2ccc(/C=C/c3ccc(C)cc3S(=O)(=O)[O-])c(SOO[O-])c2)nc(N2CCOCC2)n1.[Na+].[Na+]. The maximum Gasteiger partial charge on any atom is 1.00 e. The van der Waals surface area contributed by atoms with Crippen molar-refractivity contribution >= 4 is 63.8 Å². The molecule has 2 aliphatic rings. The van der Waals surface area contributed by atoms with Crippen LogP contribution in [-0.2, 0) is 29.0 Å². The first kappa shape index (κ1) is 46.4. The van der Waals surface area contributed by atoms with Gasteiger partial charge in [0, 0.05) is 36.8 Å². The molecule has 0 spiro atoms. The molecule has 0 bridgehead atoms. The van der Waals surface area contributed by atoms with E-state index in [2.05, 4.69) is 44.6 Å². The number of aromatic nitrogens is 6. The molecule has 6 rings (SSSR count). The molecule has 0 aliphatic carbocycles. The Labute approximate surface area is 366 Å². The predicted octanol–water partition coefficient (Wildman–Crippen LogP) is -4.62. The van der Waals surface area contributed by atoms with E-state index in [9.17, 15) is 18.2 Å². The molecule has 2 saturated heterocycles. The zero-order valence-electron chi connectivity index (χ0n) is 30.8. The maximum atomic E-state index is 11.7. The van der Waals surface area contributed by atoms with Gasteiger partial charge in [-0.2, -0.15) is 34.2 Å². The van der Waals surface area contributed by atoms with Gasteiger partial charge >= 0.3 is 71.1 Å². The van der Waals surface area contributed by atoms with Crippen LogP contribution in [0.1, 0.15) is 16.7 Å². The van der Waals surface area contributed by atoms with E-state index in [-0.39, 0.29) is 93.5 Å². The van der Waals surface area contributed by atoms with E-state index in [0.29, 0.717) is 85.2 Å². The number of rotatable bonds is 12. The quantitative estimate of drug-likeness (QED) is 0.0340. The number of aryl methyl sites for hydroxylation is 1. The van der Waals surface area contributed by atoms with Gasteiger partial charge < -0.3 is 49.6 Å². The number of nitrogens with one attached hydrogen (secondary N) is 1. The Hall–Kier alpha value is -2.94. The molecule has 0 saturated carbocycles. The van der Waals surface area contributed by atoms with Crippen LogP contribution in [0.25, 0.3) is 12.2 Å². The van der Waals surface area contributed by atoms with Crippen molar-refractivity contribution in [1.82, 2.24) is 29.9 Å². The fraction of sp³-hybridized carbons (Fsp3) is 0.355. The predicted molar refractivity (Wildman–Crippen MR) is 189 cm³/mol. The molecule has 0 atom stereocenters. The second kappa shape index (κ2) is 22.7. The van der Waals surface area contributed by atoms with Gasteiger partial charge in [-0.25, -0.2) is 8.42 Å². The van der Waals surface area contributed by atoms with Crippen molar-refractivity contribution in [2.24, 2.45) is 0 Å². The summed E-state index contributed by atoms with van der Waals surface area (Å²) >= 11 is 0.647. The van der Waals surface area contributed by atoms with Crippen LogP contribution in [0.2, 0.25) is 0 Å². The molecule has 0 unspecified atom stereocenters. The van der Waals surface area contributed by atoms with Crippen molar-refractivity contribution in [3.05, 3.63) is 53.1 Å². The summed E-state index contributed by atoms with van der Waals surface area (Å²) in [6, 6.07) is 9.97. The molecule has 24 heteroatoms. The van der Waals surface area contributed by atoms with Crippen LogP contribution in [0, 0.1) is 6.92 Å². The molecule has 2 fully saturated rings. The largest absolute Gasteiger partial charge is 1.00 e. The van der Waals surface area contributed by atoms with Crippen molar-refractivity contribution in [3.63, 3.8) is 0 Å². The Morgan fingerprint density at radius 3 is 1.96 bits per heavy atom. The molecular weight excluding hydrogens is 783 g/mol. The standard InChI is InChI=1S/C23H25N5O8S2.C8H13N5O2.2Na/c1-15-3-4-17(20(13-15)38(30,31)32)6-5-16-7-8-18(14-19(16)37-36-35-29)24-21-25-22(27-23(26-21)33-2)28-9-11-34-12-10-28;1-14-8-11-6(9)10-7(12-8)13-2-4-15-5-3-13;;/h3-8,13-14,29H,9-12H2,1-2H3,(H,30,31,32)(H,24,25,26,27);2-5H2,1H3,(H2,9,10,11,12);;/q;;2*+1/p-2/b6-5+;;;. The number of nitrogens with two attached hydrogens (primary N) is 1. The summed E-state index contributed by atoms with van der Waals surface area (Å²) in [6.07, 6.45) is 3.07. The summed E-state index contributed by atoms with van der Waals surface area (Å²) in [6.45, 7) is 6.91. The normalized spacial score (nSPS) is 14.3. The fourth-order valence-electron chi connectivity index (χ4n) is 4.93. The van der Waals surface area contributed by atoms with Crippen molar-refractivity contribution < 1.29 is 106 Å². The van der Waals surface area contributed by atoms with E-state index in [1.54, 1.807) is 37.3 Å². The van der Waals surface area contributed by atoms with Gasteiger partial charge in [0.1, 0.15) is 10.1 Å². The number of nitrogen functional groups attached to an aromatic ring is 1. The first-order valence-corrected chi connectivity index (χ1v) is 18.0. The van der Waals surface area contributed by atoms with Crippen LogP contribution in [0.4, 0.5) is 29.5 Å². The molecule has 0 amide bonds. The number of anilines is 5. The number of ether oxygens (including phenoxy) is 4. The van der Waals surface area contributed by atoms with Crippen molar-refractivity contribution in [1.29, 1.82) is 0 Å². The van der Waals surface area contributed by atoms with Crippen molar-refractivity contribution in [2.75, 3.05) is 87.7 Å². The van der Waals surface area contributed by atoms with Crippen LogP contribution in [0.15, 0.2) is 46.2 Å². The minimum atomic E-state index is -4.69. The molecule has 20 nitrogen and oxygen atoms in total. The van der Waals surface area contributed by atoms with Crippen LogP contribution >= 0.6 is 12.0 Å². The van der Waals surface area contributed by atoms with Gasteiger partial charge in [-0.3, -0.25) is 5.04 Å². The average molecular weight is 819 g/mol. The monoisotopic (exact) mass is 818 g/mol. The number of methoxy groups -OCH3 is 2. The topological polar surface area (TPSA) is 258 Å². The number of nitrogens with zero attached hydrogens (tertiary/aromatic N) is 8. The van der Waals surface area contributed by atoms with Crippen LogP contribution in [0.5, 0.6) is 12.0 Å². The fourth-order valence-corrected chi connectivity index (χ4v) is 6.20. The molecule has 3 N–H and O–H groups in total. The van der Waals surface area contributed by atoms with E-state index in [1.807, 2.05) is 9.80 Å². The molecule has 2 aromatic heterocycles. The van der Waals surface area contributed by atoms with Gasteiger partial charge in [-0.05, 0) is 41.8 Å². The number of hydrogen-bond donors (Lipinski definition) is 2. The summed E-state index contributed by atoms with van der Waals surface area (Å²) in [5.41, 5.74) is 7.49. The number of morpholine rings is 2. The first-order chi connectivity index (χ1) is 25.6. The summed E-state index contributed by atoms with van der Waals surface area (Å²) in [7, 11) is -1.73. The Kier molecular flexibility index (Phi) is 19.2. The smallest absolute Gasteiger partial charge is 0.744 e. The summed E-state index contributed by atoms with van der Waals surface area (Å²) < 4.78 is 60.4. The zero-order chi connectivity index (χ0) is 37.8. The minimum Gasteiger partial charge on any atom is -0.744 e. The van der Waals surface area contributed by atoms with E-state index in [4.69, 9.17) is 24.7 Å². The number of benzene rings is 2. The summed E-state index contributed by atoms with van der Waals surface area (Å²) in [5, 5.41) is 17.1. The zero-order valence-corrected chi connectivity index (χ0v) is 36.5. The van der Waals surface area contributed by atoms with Gasteiger partial charge in [0.2, 0.25) is 23.8 Å². The Morgan fingerprint density at radius 1 is 0.818 bits per heavy atom. The second-order valence-electron chi connectivity index (χ2n) is 11.1. The first-order valence-electron chi connectivity index (χ1n) is 15.9. The molecule has 2 aromatic carbocycles. The Morgan fingerprint density at radius 2 is 1.38 bits per heavy atom. The molecule has 284 valence electrons. The molecule has 4 aromatic rings. The van der Waals surface area contributed by atoms with Gasteiger partial charge in [0.15, 0.2) is 0 Å². The van der Waals surface area contributed by atoms with E-state index >= 15 is 0 Å². The van der Waals surface area contributed by atoms with Crippen molar-refractivity contribution in [3.8, 4) is 12.0 Å². The number of hydrogen-bond acceptors (Lipinski definition) is 21. The third-order valence-corrected chi connectivity index (χ3v) is 9.03. The van der Waals surface area contributed by atoms with Crippen LogP contribution in [0.3, 0.4) is 0 Å². The van der Waals surface area contributed by atoms with Crippen LogP contribution < -0.4 is 94.7 Å². The van der Waals surface area contributed by atoms with Gasteiger partial charge in [-0.15, -0.1) is 0 Å². The second-order valence-corrected chi connectivity index (χ2v) is 13.1. The molecule has 0 radical (unpaired) electrons. The summed E-state index contributed by atoms with van der Waals surface area (Å²) in [5.74, 6) is 1.37. The molecule has 2 aliphatic heterocycles. The molecule has 4 heterocycles.